The molecule has 1 aliphatic rings. The lowest BCUT2D eigenvalue weighted by molar-refractivity contribution is -0.00963. The third kappa shape index (κ3) is 4.98. The van der Waals surface area contributed by atoms with Gasteiger partial charge in [0.2, 0.25) is 5.89 Å². The largest absolute Gasteiger partial charge is 0.497 e. The first-order chi connectivity index (χ1) is 14.2. The van der Waals surface area contributed by atoms with Crippen LogP contribution in [0.25, 0.3) is 11.5 Å². The number of aryl methyl sites for hydroxylation is 1. The highest BCUT2D eigenvalue weighted by molar-refractivity contribution is 7.99. The van der Waals surface area contributed by atoms with Crippen LogP contribution in [0.2, 0.25) is 0 Å². The molecule has 1 aromatic heterocycles. The first-order valence-corrected chi connectivity index (χ1v) is 10.7. The topological polar surface area (TPSA) is 77.6 Å². The smallest absolute Gasteiger partial charge is 0.276 e. The number of aliphatic hydroxyl groups is 1. The summed E-state index contributed by atoms with van der Waals surface area (Å²) in [6, 6.07) is 15.8. The summed E-state index contributed by atoms with van der Waals surface area (Å²) in [4.78, 5) is 0. The van der Waals surface area contributed by atoms with Crippen LogP contribution in [0.15, 0.2) is 58.2 Å². The van der Waals surface area contributed by atoms with Gasteiger partial charge >= 0.3 is 0 Å². The average Bonchev–Trinajstić information content (AvgIpc) is 3.25. The molecule has 1 heterocycles. The van der Waals surface area contributed by atoms with Gasteiger partial charge in [-0.1, -0.05) is 36.0 Å². The highest BCUT2D eigenvalue weighted by Gasteiger charge is 2.21. The third-order valence-corrected chi connectivity index (χ3v) is 5.91. The molecule has 6 nitrogen and oxygen atoms in total. The number of fused-ring (bicyclic) bond motifs is 1. The van der Waals surface area contributed by atoms with Crippen LogP contribution in [0, 0.1) is 0 Å². The molecule has 0 fully saturated rings. The van der Waals surface area contributed by atoms with Crippen LogP contribution >= 0.6 is 11.8 Å². The number of hydrogen-bond donors (Lipinski definition) is 1. The van der Waals surface area contributed by atoms with Gasteiger partial charge < -0.3 is 19.0 Å². The average molecular weight is 413 g/mol. The van der Waals surface area contributed by atoms with Gasteiger partial charge in [0.05, 0.1) is 25.9 Å². The highest BCUT2D eigenvalue weighted by atomic mass is 32.2. The van der Waals surface area contributed by atoms with Gasteiger partial charge in [-0.05, 0) is 54.7 Å². The van der Waals surface area contributed by atoms with Crippen molar-refractivity contribution in [3.63, 3.8) is 0 Å². The van der Waals surface area contributed by atoms with E-state index in [9.17, 15) is 5.11 Å². The number of ether oxygens (including phenoxy) is 2. The zero-order valence-corrected chi connectivity index (χ0v) is 17.1. The summed E-state index contributed by atoms with van der Waals surface area (Å²) in [5.41, 5.74) is 3.43. The Hall–Kier alpha value is -2.35. The van der Waals surface area contributed by atoms with Crippen molar-refractivity contribution in [3.8, 4) is 17.2 Å². The van der Waals surface area contributed by atoms with Crippen molar-refractivity contribution in [1.29, 1.82) is 0 Å². The summed E-state index contributed by atoms with van der Waals surface area (Å²) in [6.07, 6.45) is 2.66. The number of methoxy groups -OCH3 is 1. The van der Waals surface area contributed by atoms with Crippen LogP contribution < -0.4 is 4.74 Å². The van der Waals surface area contributed by atoms with E-state index in [0.717, 1.165) is 30.6 Å². The lowest BCUT2D eigenvalue weighted by Crippen LogP contribution is -2.22. The number of thioether (sulfide) groups is 1. The van der Waals surface area contributed by atoms with Gasteiger partial charge in [0.15, 0.2) is 0 Å². The Bertz CT molecular complexity index is 929. The van der Waals surface area contributed by atoms with Crippen molar-refractivity contribution in [2.24, 2.45) is 0 Å². The summed E-state index contributed by atoms with van der Waals surface area (Å²) in [6.45, 7) is 0.283. The van der Waals surface area contributed by atoms with E-state index in [1.165, 1.54) is 22.9 Å². The molecule has 0 amide bonds. The fraction of sp³-hybridized carbons (Fsp3) is 0.364. The predicted octanol–water partition coefficient (Wildman–Crippen LogP) is 4.29. The van der Waals surface area contributed by atoms with Crippen molar-refractivity contribution in [2.75, 3.05) is 19.5 Å². The van der Waals surface area contributed by atoms with E-state index in [1.54, 1.807) is 7.11 Å². The van der Waals surface area contributed by atoms with Gasteiger partial charge in [-0.3, -0.25) is 0 Å². The van der Waals surface area contributed by atoms with E-state index in [-0.39, 0.29) is 12.7 Å². The van der Waals surface area contributed by atoms with Gasteiger partial charge in [-0.25, -0.2) is 0 Å². The number of aliphatic hydroxyl groups excluding tert-OH is 1. The molecule has 0 saturated carbocycles. The molecule has 0 spiro atoms. The second-order valence-electron chi connectivity index (χ2n) is 6.98. The summed E-state index contributed by atoms with van der Waals surface area (Å²) >= 11 is 1.33. The third-order valence-electron chi connectivity index (χ3n) is 4.95. The van der Waals surface area contributed by atoms with E-state index in [4.69, 9.17) is 13.9 Å². The number of hydrogen-bond acceptors (Lipinski definition) is 7. The fourth-order valence-corrected chi connectivity index (χ4v) is 4.11. The molecule has 0 radical (unpaired) electrons. The molecule has 0 bridgehead atoms. The standard InChI is InChI=1S/C22H24N2O4S/c1-26-18-11-9-16(10-12-18)21-23-24-22(28-21)29-14-17(25)13-27-20-8-4-6-15-5-2-3-7-19(15)20/h2-3,5,7,9-12,17,20,25H,4,6,8,13-14H2,1H3/t17-,20-/m1/s1. The minimum atomic E-state index is -0.606. The first kappa shape index (κ1) is 19.9. The molecule has 29 heavy (non-hydrogen) atoms. The molecule has 3 aromatic rings. The molecular formula is C22H24N2O4S. The molecular weight excluding hydrogens is 388 g/mol. The van der Waals surface area contributed by atoms with E-state index in [0.29, 0.717) is 16.9 Å². The molecule has 1 N–H and O–H groups in total. The summed E-state index contributed by atoms with van der Waals surface area (Å²) in [5, 5.41) is 18.9. The van der Waals surface area contributed by atoms with Gasteiger partial charge in [0.1, 0.15) is 5.75 Å². The second kappa shape index (κ2) is 9.43. The number of aromatic nitrogens is 2. The van der Waals surface area contributed by atoms with E-state index in [1.807, 2.05) is 30.3 Å². The van der Waals surface area contributed by atoms with Crippen LogP contribution in [-0.2, 0) is 11.2 Å². The molecule has 0 saturated heterocycles. The molecule has 152 valence electrons. The molecule has 0 aliphatic heterocycles. The Kier molecular flexibility index (Phi) is 6.49. The summed E-state index contributed by atoms with van der Waals surface area (Å²) in [5.74, 6) is 1.64. The monoisotopic (exact) mass is 412 g/mol. The normalized spacial score (nSPS) is 17.0. The molecule has 1 aliphatic carbocycles. The van der Waals surface area contributed by atoms with Crippen molar-refractivity contribution >= 4 is 11.8 Å². The Labute approximate surface area is 174 Å². The number of benzene rings is 2. The lowest BCUT2D eigenvalue weighted by atomic mass is 9.89. The fourth-order valence-electron chi connectivity index (χ4n) is 3.44. The molecule has 2 aromatic carbocycles. The Morgan fingerprint density at radius 3 is 2.83 bits per heavy atom. The minimum absolute atomic E-state index is 0.0599. The molecule has 0 unspecified atom stereocenters. The van der Waals surface area contributed by atoms with Gasteiger partial charge in [0.25, 0.3) is 5.22 Å². The van der Waals surface area contributed by atoms with E-state index < -0.39 is 6.10 Å². The zero-order valence-electron chi connectivity index (χ0n) is 16.3. The van der Waals surface area contributed by atoms with E-state index >= 15 is 0 Å². The van der Waals surface area contributed by atoms with Crippen LogP contribution in [0.1, 0.15) is 30.1 Å². The van der Waals surface area contributed by atoms with Crippen molar-refractivity contribution in [1.82, 2.24) is 10.2 Å². The van der Waals surface area contributed by atoms with Crippen LogP contribution in [0.4, 0.5) is 0 Å². The van der Waals surface area contributed by atoms with Crippen LogP contribution in [0.3, 0.4) is 0 Å². The second-order valence-corrected chi connectivity index (χ2v) is 7.95. The van der Waals surface area contributed by atoms with Crippen molar-refractivity contribution in [3.05, 3.63) is 59.7 Å². The zero-order chi connectivity index (χ0) is 20.1. The first-order valence-electron chi connectivity index (χ1n) is 9.71. The van der Waals surface area contributed by atoms with Gasteiger partial charge in [0, 0.05) is 11.3 Å². The molecule has 2 atom stereocenters. The summed E-state index contributed by atoms with van der Waals surface area (Å²) < 4.78 is 16.8. The Morgan fingerprint density at radius 1 is 1.17 bits per heavy atom. The Balaban J connectivity index is 1.27. The Morgan fingerprint density at radius 2 is 2.00 bits per heavy atom. The van der Waals surface area contributed by atoms with Crippen molar-refractivity contribution < 1.29 is 19.0 Å². The maximum Gasteiger partial charge on any atom is 0.276 e. The quantitative estimate of drug-likeness (QED) is 0.553. The van der Waals surface area contributed by atoms with Crippen molar-refractivity contribution in [2.45, 2.75) is 36.7 Å². The number of nitrogens with zero attached hydrogens (tertiary/aromatic N) is 2. The van der Waals surface area contributed by atoms with Gasteiger partial charge in [-0.15, -0.1) is 10.2 Å². The maximum atomic E-state index is 10.3. The summed E-state index contributed by atoms with van der Waals surface area (Å²) in [7, 11) is 1.62. The number of rotatable bonds is 8. The highest BCUT2D eigenvalue weighted by Crippen LogP contribution is 2.32. The molecule has 7 heteroatoms. The van der Waals surface area contributed by atoms with Crippen LogP contribution in [0.5, 0.6) is 5.75 Å². The lowest BCUT2D eigenvalue weighted by Gasteiger charge is -2.26. The molecule has 4 rings (SSSR count). The van der Waals surface area contributed by atoms with E-state index in [2.05, 4.69) is 28.4 Å². The van der Waals surface area contributed by atoms with Crippen LogP contribution in [-0.4, -0.2) is 40.9 Å². The SMILES string of the molecule is COc1ccc(-c2nnc(SC[C@H](O)CO[C@@H]3CCCc4ccccc43)o2)cc1. The maximum absolute atomic E-state index is 10.3. The minimum Gasteiger partial charge on any atom is -0.497 e. The predicted molar refractivity (Wildman–Crippen MR) is 111 cm³/mol. The van der Waals surface area contributed by atoms with Gasteiger partial charge in [-0.2, -0.15) is 0 Å².